The standard InChI is InChI=1S/C20H21NO3/c22-20(21-13-18-2-1-10-23-18)16-6-3-14(4-7-16)17-8-5-15-9-11-24-19(15)12-17/h3-8,12,18H,1-2,9-11,13H2,(H,21,22)/t18-/m1/s1. The summed E-state index contributed by atoms with van der Waals surface area (Å²) in [6.07, 6.45) is 3.26. The van der Waals surface area contributed by atoms with E-state index in [1.807, 2.05) is 24.3 Å². The Morgan fingerprint density at radius 3 is 2.71 bits per heavy atom. The van der Waals surface area contributed by atoms with Crippen LogP contribution in [0.4, 0.5) is 0 Å². The van der Waals surface area contributed by atoms with E-state index in [1.54, 1.807) is 0 Å². The number of carbonyl (C=O) groups excluding carboxylic acids is 1. The fourth-order valence-electron chi connectivity index (χ4n) is 3.27. The minimum absolute atomic E-state index is 0.0469. The van der Waals surface area contributed by atoms with E-state index >= 15 is 0 Å². The molecule has 1 amide bonds. The van der Waals surface area contributed by atoms with Gasteiger partial charge in [0.1, 0.15) is 5.75 Å². The third kappa shape index (κ3) is 3.15. The zero-order valence-electron chi connectivity index (χ0n) is 13.6. The highest BCUT2D eigenvalue weighted by molar-refractivity contribution is 5.94. The normalized spacial score (nSPS) is 18.9. The lowest BCUT2D eigenvalue weighted by Crippen LogP contribution is -2.31. The molecule has 2 aliphatic rings. The van der Waals surface area contributed by atoms with Gasteiger partial charge < -0.3 is 14.8 Å². The maximum absolute atomic E-state index is 12.2. The van der Waals surface area contributed by atoms with E-state index in [9.17, 15) is 4.79 Å². The van der Waals surface area contributed by atoms with Crippen LogP contribution in [0, 0.1) is 0 Å². The number of amides is 1. The summed E-state index contributed by atoms with van der Waals surface area (Å²) in [5.74, 6) is 0.931. The quantitative estimate of drug-likeness (QED) is 0.940. The highest BCUT2D eigenvalue weighted by Gasteiger charge is 2.17. The molecule has 24 heavy (non-hydrogen) atoms. The van der Waals surface area contributed by atoms with Gasteiger partial charge in [-0.05, 0) is 47.7 Å². The molecule has 2 aromatic rings. The van der Waals surface area contributed by atoms with Gasteiger partial charge in [0.15, 0.2) is 0 Å². The number of hydrogen-bond donors (Lipinski definition) is 1. The molecule has 4 rings (SSSR count). The van der Waals surface area contributed by atoms with E-state index in [0.29, 0.717) is 12.1 Å². The Kier molecular flexibility index (Phi) is 4.22. The van der Waals surface area contributed by atoms with Crippen LogP contribution in [0.3, 0.4) is 0 Å². The largest absolute Gasteiger partial charge is 0.493 e. The number of rotatable bonds is 4. The average molecular weight is 323 g/mol. The Labute approximate surface area is 141 Å². The zero-order chi connectivity index (χ0) is 16.4. The van der Waals surface area contributed by atoms with Crippen molar-refractivity contribution in [2.24, 2.45) is 0 Å². The molecule has 0 bridgehead atoms. The molecule has 2 heterocycles. The molecule has 0 radical (unpaired) electrons. The van der Waals surface area contributed by atoms with Gasteiger partial charge >= 0.3 is 0 Å². The molecule has 0 unspecified atom stereocenters. The van der Waals surface area contributed by atoms with Crippen LogP contribution in [-0.4, -0.2) is 31.8 Å². The van der Waals surface area contributed by atoms with E-state index in [-0.39, 0.29) is 12.0 Å². The Balaban J connectivity index is 1.43. The minimum atomic E-state index is -0.0469. The lowest BCUT2D eigenvalue weighted by atomic mass is 10.0. The van der Waals surface area contributed by atoms with Gasteiger partial charge in [0.2, 0.25) is 0 Å². The summed E-state index contributed by atoms with van der Waals surface area (Å²) in [6, 6.07) is 14.0. The minimum Gasteiger partial charge on any atom is -0.493 e. The summed E-state index contributed by atoms with van der Waals surface area (Å²) in [5, 5.41) is 2.95. The number of benzene rings is 2. The molecule has 2 aliphatic heterocycles. The van der Waals surface area contributed by atoms with Crippen molar-refractivity contribution in [3.63, 3.8) is 0 Å². The van der Waals surface area contributed by atoms with Crippen molar-refractivity contribution in [1.29, 1.82) is 0 Å². The van der Waals surface area contributed by atoms with Gasteiger partial charge in [-0.1, -0.05) is 24.3 Å². The number of fused-ring (bicyclic) bond motifs is 1. The molecule has 0 saturated carbocycles. The van der Waals surface area contributed by atoms with Crippen molar-refractivity contribution in [2.45, 2.75) is 25.4 Å². The topological polar surface area (TPSA) is 47.6 Å². The summed E-state index contributed by atoms with van der Waals surface area (Å²) in [7, 11) is 0. The third-order valence-corrected chi connectivity index (χ3v) is 4.69. The van der Waals surface area contributed by atoms with E-state index in [1.165, 1.54) is 5.56 Å². The van der Waals surface area contributed by atoms with Gasteiger partial charge in [-0.15, -0.1) is 0 Å². The van der Waals surface area contributed by atoms with E-state index in [4.69, 9.17) is 9.47 Å². The molecule has 1 N–H and O–H groups in total. The van der Waals surface area contributed by atoms with Gasteiger partial charge in [0.25, 0.3) is 5.91 Å². The van der Waals surface area contributed by atoms with Crippen molar-refractivity contribution >= 4 is 5.91 Å². The van der Waals surface area contributed by atoms with E-state index < -0.39 is 0 Å². The monoisotopic (exact) mass is 323 g/mol. The zero-order valence-corrected chi connectivity index (χ0v) is 13.6. The molecule has 1 fully saturated rings. The summed E-state index contributed by atoms with van der Waals surface area (Å²) >= 11 is 0. The molecule has 4 heteroatoms. The van der Waals surface area contributed by atoms with Crippen LogP contribution in [0.2, 0.25) is 0 Å². The fourth-order valence-corrected chi connectivity index (χ4v) is 3.27. The molecule has 1 saturated heterocycles. The highest BCUT2D eigenvalue weighted by atomic mass is 16.5. The van der Waals surface area contributed by atoms with E-state index in [0.717, 1.165) is 49.4 Å². The van der Waals surface area contributed by atoms with Gasteiger partial charge in [-0.2, -0.15) is 0 Å². The Hall–Kier alpha value is -2.33. The smallest absolute Gasteiger partial charge is 0.251 e. The SMILES string of the molecule is O=C(NC[C@H]1CCCO1)c1ccc(-c2ccc3c(c2)OCC3)cc1. The Morgan fingerprint density at radius 1 is 1.08 bits per heavy atom. The van der Waals surface area contributed by atoms with Gasteiger partial charge in [-0.25, -0.2) is 0 Å². The molecule has 4 nitrogen and oxygen atoms in total. The molecule has 2 aromatic carbocycles. The fraction of sp³-hybridized carbons (Fsp3) is 0.350. The van der Waals surface area contributed by atoms with Crippen molar-refractivity contribution in [3.8, 4) is 16.9 Å². The van der Waals surface area contributed by atoms with Crippen molar-refractivity contribution in [3.05, 3.63) is 53.6 Å². The molecule has 0 aromatic heterocycles. The van der Waals surface area contributed by atoms with Gasteiger partial charge in [-0.3, -0.25) is 4.79 Å². The second-order valence-corrected chi connectivity index (χ2v) is 6.34. The highest BCUT2D eigenvalue weighted by Crippen LogP contribution is 2.31. The maximum atomic E-state index is 12.2. The van der Waals surface area contributed by atoms with Crippen molar-refractivity contribution in [1.82, 2.24) is 5.32 Å². The number of hydrogen-bond acceptors (Lipinski definition) is 3. The first-order chi connectivity index (χ1) is 11.8. The van der Waals surface area contributed by atoms with Gasteiger partial charge in [0, 0.05) is 25.1 Å². The average Bonchev–Trinajstić information content (AvgIpc) is 3.30. The van der Waals surface area contributed by atoms with Crippen LogP contribution in [0.1, 0.15) is 28.8 Å². The molecular weight excluding hydrogens is 302 g/mol. The van der Waals surface area contributed by atoms with Crippen LogP contribution in [-0.2, 0) is 11.2 Å². The number of nitrogens with one attached hydrogen (secondary N) is 1. The molecule has 0 spiro atoms. The van der Waals surface area contributed by atoms with Crippen LogP contribution >= 0.6 is 0 Å². The van der Waals surface area contributed by atoms with Crippen molar-refractivity contribution < 1.29 is 14.3 Å². The predicted octanol–water partition coefficient (Wildman–Crippen LogP) is 3.20. The summed E-state index contributed by atoms with van der Waals surface area (Å²) in [4.78, 5) is 12.2. The first-order valence-electron chi connectivity index (χ1n) is 8.55. The Morgan fingerprint density at radius 2 is 1.92 bits per heavy atom. The number of ether oxygens (including phenoxy) is 2. The maximum Gasteiger partial charge on any atom is 0.251 e. The number of carbonyl (C=O) groups is 1. The molecule has 1 atom stereocenters. The predicted molar refractivity (Wildman–Crippen MR) is 92.4 cm³/mol. The lowest BCUT2D eigenvalue weighted by Gasteiger charge is -2.11. The van der Waals surface area contributed by atoms with Crippen LogP contribution in [0.15, 0.2) is 42.5 Å². The molecule has 124 valence electrons. The van der Waals surface area contributed by atoms with Crippen LogP contribution < -0.4 is 10.1 Å². The second kappa shape index (κ2) is 6.65. The van der Waals surface area contributed by atoms with Crippen molar-refractivity contribution in [2.75, 3.05) is 19.8 Å². The van der Waals surface area contributed by atoms with Crippen LogP contribution in [0.5, 0.6) is 5.75 Å². The third-order valence-electron chi connectivity index (χ3n) is 4.69. The first-order valence-corrected chi connectivity index (χ1v) is 8.55. The summed E-state index contributed by atoms with van der Waals surface area (Å²) < 4.78 is 11.2. The molecular formula is C20H21NO3. The van der Waals surface area contributed by atoms with Crippen LogP contribution in [0.25, 0.3) is 11.1 Å². The summed E-state index contributed by atoms with van der Waals surface area (Å²) in [5.41, 5.74) is 4.14. The lowest BCUT2D eigenvalue weighted by molar-refractivity contribution is 0.0858. The molecule has 0 aliphatic carbocycles. The van der Waals surface area contributed by atoms with Gasteiger partial charge in [0.05, 0.1) is 12.7 Å². The first kappa shape index (κ1) is 15.2. The summed E-state index contributed by atoms with van der Waals surface area (Å²) in [6.45, 7) is 2.16. The van der Waals surface area contributed by atoms with E-state index in [2.05, 4.69) is 23.5 Å². The Bertz CT molecular complexity index is 733. The second-order valence-electron chi connectivity index (χ2n) is 6.34.